The molecule has 0 aliphatic heterocycles. The molecule has 0 atom stereocenters. The summed E-state index contributed by atoms with van der Waals surface area (Å²) in [6.07, 6.45) is 1.73. The van der Waals surface area contributed by atoms with E-state index in [2.05, 4.69) is 10.1 Å². The molecule has 0 bridgehead atoms. The number of oxazole rings is 1. The molecule has 0 saturated carbocycles. The Labute approximate surface area is 125 Å². The SMILES string of the molecule is Cc1noc(C)c1CSCc1coc(-c2cccs2)n1. The monoisotopic (exact) mass is 306 g/mol. The van der Waals surface area contributed by atoms with Crippen LogP contribution in [0.15, 0.2) is 32.7 Å². The molecule has 0 aliphatic carbocycles. The minimum atomic E-state index is 0.702. The Morgan fingerprint density at radius 3 is 2.90 bits per heavy atom. The zero-order valence-corrected chi connectivity index (χ0v) is 12.9. The van der Waals surface area contributed by atoms with Gasteiger partial charge in [-0.05, 0) is 25.3 Å². The lowest BCUT2D eigenvalue weighted by atomic mass is 10.2. The predicted octanol–water partition coefficient (Wildman–Crippen LogP) is 4.44. The highest BCUT2D eigenvalue weighted by Gasteiger charge is 2.11. The van der Waals surface area contributed by atoms with Crippen LogP contribution in [-0.4, -0.2) is 10.1 Å². The molecule has 3 aromatic heterocycles. The topological polar surface area (TPSA) is 52.1 Å². The van der Waals surface area contributed by atoms with E-state index in [1.807, 2.05) is 31.4 Å². The highest BCUT2D eigenvalue weighted by atomic mass is 32.2. The summed E-state index contributed by atoms with van der Waals surface area (Å²) in [6, 6.07) is 4.01. The van der Waals surface area contributed by atoms with Gasteiger partial charge >= 0.3 is 0 Å². The van der Waals surface area contributed by atoms with E-state index in [0.717, 1.165) is 33.5 Å². The van der Waals surface area contributed by atoms with Crippen LogP contribution in [0.25, 0.3) is 10.8 Å². The summed E-state index contributed by atoms with van der Waals surface area (Å²) >= 11 is 3.42. The van der Waals surface area contributed by atoms with E-state index in [9.17, 15) is 0 Å². The normalized spacial score (nSPS) is 11.1. The molecule has 0 aromatic carbocycles. The van der Waals surface area contributed by atoms with Crippen LogP contribution >= 0.6 is 23.1 Å². The number of rotatable bonds is 5. The molecule has 0 saturated heterocycles. The molecule has 3 rings (SSSR count). The maximum Gasteiger partial charge on any atom is 0.236 e. The lowest BCUT2D eigenvalue weighted by Gasteiger charge is -1.98. The average molecular weight is 306 g/mol. The third-order valence-corrected chi connectivity index (χ3v) is 4.81. The van der Waals surface area contributed by atoms with Crippen molar-refractivity contribution in [2.45, 2.75) is 25.4 Å². The fourth-order valence-electron chi connectivity index (χ4n) is 1.85. The van der Waals surface area contributed by atoms with Crippen LogP contribution < -0.4 is 0 Å². The third kappa shape index (κ3) is 2.81. The zero-order valence-electron chi connectivity index (χ0n) is 11.3. The Morgan fingerprint density at radius 2 is 2.20 bits per heavy atom. The van der Waals surface area contributed by atoms with Crippen LogP contribution in [0.1, 0.15) is 22.7 Å². The van der Waals surface area contributed by atoms with Gasteiger partial charge in [-0.15, -0.1) is 11.3 Å². The molecule has 0 N–H and O–H groups in total. The van der Waals surface area contributed by atoms with Crippen LogP contribution in [0.4, 0.5) is 0 Å². The quantitative estimate of drug-likeness (QED) is 0.697. The first kappa shape index (κ1) is 13.5. The summed E-state index contributed by atoms with van der Waals surface area (Å²) in [5.41, 5.74) is 3.11. The second-order valence-electron chi connectivity index (χ2n) is 4.42. The third-order valence-electron chi connectivity index (χ3n) is 2.96. The van der Waals surface area contributed by atoms with Gasteiger partial charge in [-0.25, -0.2) is 4.98 Å². The number of hydrogen-bond acceptors (Lipinski definition) is 6. The zero-order chi connectivity index (χ0) is 13.9. The largest absolute Gasteiger partial charge is 0.444 e. The van der Waals surface area contributed by atoms with Gasteiger partial charge in [0.15, 0.2) is 0 Å². The average Bonchev–Trinajstić information content (AvgIpc) is 3.14. The van der Waals surface area contributed by atoms with E-state index in [0.29, 0.717) is 5.89 Å². The van der Waals surface area contributed by atoms with Gasteiger partial charge in [-0.1, -0.05) is 11.2 Å². The van der Waals surface area contributed by atoms with Crippen molar-refractivity contribution in [3.8, 4) is 10.8 Å². The van der Waals surface area contributed by atoms with Crippen LogP contribution in [0.5, 0.6) is 0 Å². The lowest BCUT2D eigenvalue weighted by molar-refractivity contribution is 0.392. The van der Waals surface area contributed by atoms with E-state index in [1.165, 1.54) is 5.56 Å². The summed E-state index contributed by atoms with van der Waals surface area (Å²) in [6.45, 7) is 3.91. The van der Waals surface area contributed by atoms with Crippen LogP contribution in [-0.2, 0) is 11.5 Å². The van der Waals surface area contributed by atoms with E-state index < -0.39 is 0 Å². The fourth-order valence-corrected chi connectivity index (χ4v) is 3.57. The van der Waals surface area contributed by atoms with Gasteiger partial charge in [0.05, 0.1) is 16.3 Å². The molecule has 0 unspecified atom stereocenters. The molecule has 20 heavy (non-hydrogen) atoms. The van der Waals surface area contributed by atoms with Crippen molar-refractivity contribution in [3.63, 3.8) is 0 Å². The van der Waals surface area contributed by atoms with E-state index in [4.69, 9.17) is 8.94 Å². The minimum Gasteiger partial charge on any atom is -0.444 e. The van der Waals surface area contributed by atoms with Gasteiger partial charge in [-0.3, -0.25) is 0 Å². The maximum atomic E-state index is 5.50. The number of aryl methyl sites for hydroxylation is 2. The summed E-state index contributed by atoms with van der Waals surface area (Å²) in [5, 5.41) is 5.98. The summed E-state index contributed by atoms with van der Waals surface area (Å²) in [4.78, 5) is 5.56. The Bertz CT molecular complexity index is 666. The van der Waals surface area contributed by atoms with Crippen molar-refractivity contribution in [3.05, 3.63) is 46.5 Å². The molecule has 3 aromatic rings. The van der Waals surface area contributed by atoms with Crippen molar-refractivity contribution in [1.82, 2.24) is 10.1 Å². The number of aromatic nitrogens is 2. The number of thiophene rings is 1. The highest BCUT2D eigenvalue weighted by Crippen LogP contribution is 2.26. The first-order chi connectivity index (χ1) is 9.74. The van der Waals surface area contributed by atoms with E-state index >= 15 is 0 Å². The van der Waals surface area contributed by atoms with Crippen LogP contribution in [0, 0.1) is 13.8 Å². The molecule has 6 heteroatoms. The predicted molar refractivity (Wildman–Crippen MR) is 80.8 cm³/mol. The molecule has 0 fully saturated rings. The number of thioether (sulfide) groups is 1. The van der Waals surface area contributed by atoms with Crippen molar-refractivity contribution in [2.75, 3.05) is 0 Å². The highest BCUT2D eigenvalue weighted by molar-refractivity contribution is 7.97. The molecule has 0 radical (unpaired) electrons. The van der Waals surface area contributed by atoms with Gasteiger partial charge in [0.1, 0.15) is 12.0 Å². The maximum absolute atomic E-state index is 5.50. The minimum absolute atomic E-state index is 0.702. The smallest absolute Gasteiger partial charge is 0.236 e. The Balaban J connectivity index is 1.59. The lowest BCUT2D eigenvalue weighted by Crippen LogP contribution is -1.87. The first-order valence-corrected chi connectivity index (χ1v) is 8.25. The van der Waals surface area contributed by atoms with Crippen molar-refractivity contribution >= 4 is 23.1 Å². The van der Waals surface area contributed by atoms with Crippen LogP contribution in [0.3, 0.4) is 0 Å². The Morgan fingerprint density at radius 1 is 1.30 bits per heavy atom. The van der Waals surface area contributed by atoms with Gasteiger partial charge in [-0.2, -0.15) is 11.8 Å². The van der Waals surface area contributed by atoms with E-state index in [-0.39, 0.29) is 0 Å². The van der Waals surface area contributed by atoms with Gasteiger partial charge < -0.3 is 8.94 Å². The number of hydrogen-bond donors (Lipinski definition) is 0. The molecule has 0 spiro atoms. The van der Waals surface area contributed by atoms with Gasteiger partial charge in [0.2, 0.25) is 5.89 Å². The molecular weight excluding hydrogens is 292 g/mol. The Hall–Kier alpha value is -1.53. The second-order valence-corrected chi connectivity index (χ2v) is 6.35. The standard InChI is InChI=1S/C14H14N2O2S2/c1-9-12(10(2)18-16-9)8-19-7-11-6-17-14(15-11)13-4-3-5-20-13/h3-6H,7-8H2,1-2H3. The molecule has 0 amide bonds. The number of nitrogens with zero attached hydrogens (tertiary/aromatic N) is 2. The molecular formula is C14H14N2O2S2. The van der Waals surface area contributed by atoms with Crippen molar-refractivity contribution in [2.24, 2.45) is 0 Å². The van der Waals surface area contributed by atoms with E-state index in [1.54, 1.807) is 29.4 Å². The van der Waals surface area contributed by atoms with Crippen LogP contribution in [0.2, 0.25) is 0 Å². The van der Waals surface area contributed by atoms with Gasteiger partial charge in [0, 0.05) is 17.1 Å². The molecule has 0 aliphatic rings. The fraction of sp³-hybridized carbons (Fsp3) is 0.286. The molecule has 4 nitrogen and oxygen atoms in total. The first-order valence-electron chi connectivity index (χ1n) is 6.22. The summed E-state index contributed by atoms with van der Waals surface area (Å²) in [5.74, 6) is 3.30. The summed E-state index contributed by atoms with van der Waals surface area (Å²) < 4.78 is 10.7. The van der Waals surface area contributed by atoms with Crippen molar-refractivity contribution in [1.29, 1.82) is 0 Å². The van der Waals surface area contributed by atoms with Crippen molar-refractivity contribution < 1.29 is 8.94 Å². The summed E-state index contributed by atoms with van der Waals surface area (Å²) in [7, 11) is 0. The molecule has 3 heterocycles. The molecule has 104 valence electrons. The van der Waals surface area contributed by atoms with Gasteiger partial charge in [0.25, 0.3) is 0 Å². The second kappa shape index (κ2) is 5.85. The Kier molecular flexibility index (Phi) is 3.93.